The minimum absolute atomic E-state index is 0.108. The van der Waals surface area contributed by atoms with E-state index in [0.717, 1.165) is 32.1 Å². The molecule has 1 aromatic carbocycles. The predicted molar refractivity (Wildman–Crippen MR) is 83.9 cm³/mol. The molecule has 4 rings (SSSR count). The molecule has 22 heavy (non-hydrogen) atoms. The van der Waals surface area contributed by atoms with Crippen LogP contribution in [0.3, 0.4) is 0 Å². The summed E-state index contributed by atoms with van der Waals surface area (Å²) in [5.41, 5.74) is 2.41. The summed E-state index contributed by atoms with van der Waals surface area (Å²) < 4.78 is 5.85. The zero-order valence-electron chi connectivity index (χ0n) is 13.3. The lowest BCUT2D eigenvalue weighted by atomic mass is 9.54. The number of carbonyl (C=O) groups excluding carboxylic acids is 1. The van der Waals surface area contributed by atoms with Crippen molar-refractivity contribution in [2.24, 2.45) is 17.3 Å². The molecule has 0 aliphatic heterocycles. The Labute approximate surface area is 131 Å². The molecule has 2 saturated carbocycles. The molecule has 0 heterocycles. The van der Waals surface area contributed by atoms with Crippen LogP contribution in [-0.2, 0) is 16.0 Å². The van der Waals surface area contributed by atoms with E-state index >= 15 is 0 Å². The molecular weight excluding hydrogens is 276 g/mol. The first kappa shape index (κ1) is 14.3. The molecular formula is C19H24O3. The number of hydrogen-bond acceptors (Lipinski definition) is 3. The topological polar surface area (TPSA) is 46.5 Å². The highest BCUT2D eigenvalue weighted by Crippen LogP contribution is 2.60. The number of benzene rings is 1. The second-order valence-corrected chi connectivity index (χ2v) is 7.58. The van der Waals surface area contributed by atoms with E-state index in [1.165, 1.54) is 11.1 Å². The average Bonchev–Trinajstić information content (AvgIpc) is 2.81. The number of carbonyl (C=O) groups is 1. The molecule has 1 N–H and O–H groups in total. The zero-order valence-corrected chi connectivity index (χ0v) is 13.3. The van der Waals surface area contributed by atoms with Crippen molar-refractivity contribution in [3.63, 3.8) is 0 Å². The smallest absolute Gasteiger partial charge is 0.139 e. The van der Waals surface area contributed by atoms with Crippen LogP contribution in [0.1, 0.15) is 49.7 Å². The number of phenolic OH excluding ortho intramolecular Hbond substituents is 1. The molecule has 0 aromatic heterocycles. The van der Waals surface area contributed by atoms with Gasteiger partial charge in [0.1, 0.15) is 11.5 Å². The first-order valence-corrected chi connectivity index (χ1v) is 8.42. The summed E-state index contributed by atoms with van der Waals surface area (Å²) in [5, 5.41) is 9.76. The number of Topliss-reactive ketones (excluding diaryl/α,β-unsaturated/α-hetero) is 1. The summed E-state index contributed by atoms with van der Waals surface area (Å²) in [6.07, 6.45) is 4.84. The molecule has 3 aliphatic rings. The largest absolute Gasteiger partial charge is 0.508 e. The first-order chi connectivity index (χ1) is 10.5. The Morgan fingerprint density at radius 3 is 2.86 bits per heavy atom. The van der Waals surface area contributed by atoms with Crippen LogP contribution in [0.2, 0.25) is 0 Å². The summed E-state index contributed by atoms with van der Waals surface area (Å²) in [4.78, 5) is 12.5. The fourth-order valence-electron chi connectivity index (χ4n) is 5.62. The number of rotatable bonds is 1. The van der Waals surface area contributed by atoms with Crippen LogP contribution in [0.5, 0.6) is 5.75 Å². The number of hydrogen-bond donors (Lipinski definition) is 1. The van der Waals surface area contributed by atoms with Gasteiger partial charge in [-0.15, -0.1) is 0 Å². The van der Waals surface area contributed by atoms with Crippen LogP contribution in [-0.4, -0.2) is 24.1 Å². The molecule has 118 valence electrons. The SMILES string of the molecule is CO[C@@H]1C[C@]2(C)C(=O)CC[C@H]2[C@@H]2CCc3cc(O)ccc3[C@H]21. The lowest BCUT2D eigenvalue weighted by molar-refractivity contribution is -0.135. The Morgan fingerprint density at radius 2 is 2.09 bits per heavy atom. The summed E-state index contributed by atoms with van der Waals surface area (Å²) >= 11 is 0. The van der Waals surface area contributed by atoms with Gasteiger partial charge in [0.05, 0.1) is 6.10 Å². The number of phenols is 1. The van der Waals surface area contributed by atoms with E-state index in [4.69, 9.17) is 4.74 Å². The highest BCUT2D eigenvalue weighted by atomic mass is 16.5. The quantitative estimate of drug-likeness (QED) is 0.864. The van der Waals surface area contributed by atoms with Gasteiger partial charge >= 0.3 is 0 Å². The lowest BCUT2D eigenvalue weighted by Crippen LogP contribution is -2.49. The van der Waals surface area contributed by atoms with Gasteiger partial charge in [0, 0.05) is 24.9 Å². The van der Waals surface area contributed by atoms with E-state index in [1.54, 1.807) is 13.2 Å². The highest BCUT2D eigenvalue weighted by molar-refractivity contribution is 5.87. The van der Waals surface area contributed by atoms with Gasteiger partial charge in [0.25, 0.3) is 0 Å². The second kappa shape index (κ2) is 4.82. The molecule has 0 spiro atoms. The van der Waals surface area contributed by atoms with Crippen LogP contribution >= 0.6 is 0 Å². The molecule has 0 amide bonds. The third-order valence-electron chi connectivity index (χ3n) is 6.68. The fourth-order valence-corrected chi connectivity index (χ4v) is 5.62. The third-order valence-corrected chi connectivity index (χ3v) is 6.68. The first-order valence-electron chi connectivity index (χ1n) is 8.42. The number of aryl methyl sites for hydroxylation is 1. The number of ether oxygens (including phenoxy) is 1. The molecule has 0 saturated heterocycles. The molecule has 1 aromatic rings. The van der Waals surface area contributed by atoms with Crippen LogP contribution in [0, 0.1) is 17.3 Å². The maximum Gasteiger partial charge on any atom is 0.139 e. The Bertz CT molecular complexity index is 623. The van der Waals surface area contributed by atoms with Crippen molar-refractivity contribution >= 4 is 5.78 Å². The monoisotopic (exact) mass is 300 g/mol. The van der Waals surface area contributed by atoms with Gasteiger partial charge in [-0.05, 0) is 60.8 Å². The van der Waals surface area contributed by atoms with Crippen molar-refractivity contribution in [2.45, 2.75) is 51.0 Å². The standard InChI is InChI=1S/C19H24O3/c1-19-10-16(22-2)18-13-6-4-12(20)9-11(13)3-5-14(18)15(19)7-8-17(19)21/h4,6,9,14-16,18,20H,3,5,7-8,10H2,1-2H3/t14-,15-,16+,18+,19-/m0/s1. The minimum Gasteiger partial charge on any atom is -0.508 e. The Hall–Kier alpha value is -1.35. The minimum atomic E-state index is -0.184. The van der Waals surface area contributed by atoms with E-state index < -0.39 is 0 Å². The number of fused-ring (bicyclic) bond motifs is 5. The number of ketones is 1. The van der Waals surface area contributed by atoms with Crippen LogP contribution in [0.25, 0.3) is 0 Å². The van der Waals surface area contributed by atoms with Crippen LogP contribution in [0.15, 0.2) is 18.2 Å². The van der Waals surface area contributed by atoms with Crippen LogP contribution < -0.4 is 0 Å². The molecule has 5 atom stereocenters. The normalized spacial score (nSPS) is 40.0. The zero-order chi connectivity index (χ0) is 15.5. The van der Waals surface area contributed by atoms with Crippen molar-refractivity contribution < 1.29 is 14.6 Å². The van der Waals surface area contributed by atoms with E-state index in [9.17, 15) is 9.90 Å². The molecule has 0 bridgehead atoms. The van der Waals surface area contributed by atoms with Crippen LogP contribution in [0.4, 0.5) is 0 Å². The fraction of sp³-hybridized carbons (Fsp3) is 0.632. The van der Waals surface area contributed by atoms with Gasteiger partial charge in [-0.1, -0.05) is 13.0 Å². The second-order valence-electron chi connectivity index (χ2n) is 7.58. The van der Waals surface area contributed by atoms with Gasteiger partial charge in [-0.2, -0.15) is 0 Å². The van der Waals surface area contributed by atoms with Gasteiger partial charge in [-0.25, -0.2) is 0 Å². The van der Waals surface area contributed by atoms with E-state index in [1.807, 2.05) is 6.07 Å². The Morgan fingerprint density at radius 1 is 1.27 bits per heavy atom. The predicted octanol–water partition coefficient (Wildman–Crippen LogP) is 3.44. The van der Waals surface area contributed by atoms with Crippen molar-refractivity contribution in [1.82, 2.24) is 0 Å². The Balaban J connectivity index is 1.79. The lowest BCUT2D eigenvalue weighted by Gasteiger charge is -2.51. The number of methoxy groups -OCH3 is 1. The van der Waals surface area contributed by atoms with Crippen molar-refractivity contribution in [2.75, 3.05) is 7.11 Å². The van der Waals surface area contributed by atoms with Gasteiger partial charge in [-0.3, -0.25) is 4.79 Å². The van der Waals surface area contributed by atoms with Crippen molar-refractivity contribution in [3.8, 4) is 5.75 Å². The van der Waals surface area contributed by atoms with Crippen molar-refractivity contribution in [3.05, 3.63) is 29.3 Å². The molecule has 3 nitrogen and oxygen atoms in total. The molecule has 2 fully saturated rings. The van der Waals surface area contributed by atoms with Gasteiger partial charge in [0.2, 0.25) is 0 Å². The third kappa shape index (κ3) is 1.81. The van der Waals surface area contributed by atoms with E-state index in [2.05, 4.69) is 13.0 Å². The molecule has 3 heteroatoms. The summed E-state index contributed by atoms with van der Waals surface area (Å²) in [6.45, 7) is 2.17. The molecule has 0 unspecified atom stereocenters. The highest BCUT2D eigenvalue weighted by Gasteiger charge is 2.57. The Kier molecular flexibility index (Phi) is 3.12. The van der Waals surface area contributed by atoms with Gasteiger partial charge in [0.15, 0.2) is 0 Å². The maximum absolute atomic E-state index is 12.5. The summed E-state index contributed by atoms with van der Waals surface area (Å²) in [7, 11) is 1.78. The van der Waals surface area contributed by atoms with E-state index in [0.29, 0.717) is 29.3 Å². The summed E-state index contributed by atoms with van der Waals surface area (Å²) in [6, 6.07) is 5.78. The van der Waals surface area contributed by atoms with Crippen molar-refractivity contribution in [1.29, 1.82) is 0 Å². The average molecular weight is 300 g/mol. The number of aromatic hydroxyl groups is 1. The van der Waals surface area contributed by atoms with E-state index in [-0.39, 0.29) is 11.5 Å². The maximum atomic E-state index is 12.5. The molecule has 0 radical (unpaired) electrons. The summed E-state index contributed by atoms with van der Waals surface area (Å²) in [5.74, 6) is 2.20. The van der Waals surface area contributed by atoms with Gasteiger partial charge < -0.3 is 9.84 Å². The molecule has 3 aliphatic carbocycles.